The van der Waals surface area contributed by atoms with Crippen molar-refractivity contribution in [2.75, 3.05) is 12.3 Å². The van der Waals surface area contributed by atoms with Gasteiger partial charge in [-0.2, -0.15) is 4.98 Å². The SMILES string of the molecule is Nc1ccn(C2CC(O)C(COP(=O)([O-])OP(=O)([O-])OP(=O)([O-])[O-])O2)c(=O)n1.[Na+].[Na+].[Na+].[Na+]. The van der Waals surface area contributed by atoms with E-state index >= 15 is 0 Å². The normalized spacial score (nSPS) is 23.8. The molecule has 1 aliphatic heterocycles. The third kappa shape index (κ3) is 13.5. The van der Waals surface area contributed by atoms with Crippen LogP contribution in [0.15, 0.2) is 17.1 Å². The standard InChI is InChI=1S/C9H16N3O13P3.4Na/c10-7-1-2-12(9(14)11-7)8-3-5(13)6(23-8)4-22-27(18,19)25-28(20,21)24-26(15,16)17;;;;/h1-2,5-6,8,13H,3-4H2,(H,18,19)(H,20,21)(H2,10,11,14)(H2,15,16,17);;;;/q;4*+1/p-4. The van der Waals surface area contributed by atoms with E-state index in [1.165, 1.54) is 12.3 Å². The van der Waals surface area contributed by atoms with Crippen LogP contribution in [0.3, 0.4) is 0 Å². The number of phosphoric acid groups is 3. The zero-order valence-corrected chi connectivity index (χ0v) is 28.1. The van der Waals surface area contributed by atoms with Gasteiger partial charge in [0, 0.05) is 12.6 Å². The minimum absolute atomic E-state index is 0. The first kappa shape index (κ1) is 39.5. The zero-order chi connectivity index (χ0) is 21.3. The van der Waals surface area contributed by atoms with Gasteiger partial charge in [0.15, 0.2) is 0 Å². The maximum absolute atomic E-state index is 11.7. The Balaban J connectivity index is -0.00000210. The topological polar surface area (TPSA) is 262 Å². The summed E-state index contributed by atoms with van der Waals surface area (Å²) in [5.74, 6) is -0.0610. The third-order valence-corrected chi connectivity index (χ3v) is 6.83. The summed E-state index contributed by atoms with van der Waals surface area (Å²) >= 11 is 0. The molecule has 0 aliphatic carbocycles. The fraction of sp³-hybridized carbons (Fsp3) is 0.556. The minimum Gasteiger partial charge on any atom is -0.790 e. The Morgan fingerprint density at radius 3 is 2.19 bits per heavy atom. The number of phosphoric ester groups is 1. The molecule has 0 saturated carbocycles. The monoisotopic (exact) mass is 555 g/mol. The van der Waals surface area contributed by atoms with E-state index in [2.05, 4.69) is 18.1 Å². The first-order valence-electron chi connectivity index (χ1n) is 7.07. The van der Waals surface area contributed by atoms with Crippen LogP contribution in [0.4, 0.5) is 5.82 Å². The summed E-state index contributed by atoms with van der Waals surface area (Å²) in [6, 6.07) is 1.27. The molecular formula is C9H12N3Na4O13P3. The molecule has 0 spiro atoms. The molecule has 1 aliphatic rings. The number of aliphatic hydroxyl groups is 1. The van der Waals surface area contributed by atoms with Crippen LogP contribution in [0.2, 0.25) is 0 Å². The fourth-order valence-corrected chi connectivity index (χ4v) is 4.99. The first-order valence-corrected chi connectivity index (χ1v) is 11.5. The van der Waals surface area contributed by atoms with Gasteiger partial charge in [-0.25, -0.2) is 9.11 Å². The minimum atomic E-state index is -6.10. The predicted octanol–water partition coefficient (Wildman–Crippen LogP) is -15.7. The summed E-state index contributed by atoms with van der Waals surface area (Å²) < 4.78 is 49.5. The van der Waals surface area contributed by atoms with E-state index < -0.39 is 54.2 Å². The van der Waals surface area contributed by atoms with Crippen LogP contribution < -0.4 is 149 Å². The summed E-state index contributed by atoms with van der Waals surface area (Å²) in [4.78, 5) is 58.2. The molecule has 1 aromatic heterocycles. The molecule has 0 bridgehead atoms. The van der Waals surface area contributed by atoms with E-state index in [1.807, 2.05) is 0 Å². The van der Waals surface area contributed by atoms with Gasteiger partial charge in [-0.05, 0) is 6.07 Å². The van der Waals surface area contributed by atoms with E-state index in [9.17, 15) is 43.2 Å². The molecule has 32 heavy (non-hydrogen) atoms. The summed E-state index contributed by atoms with van der Waals surface area (Å²) in [6.07, 6.45) is -2.70. The molecule has 1 aromatic rings. The van der Waals surface area contributed by atoms with Crippen molar-refractivity contribution in [2.24, 2.45) is 0 Å². The van der Waals surface area contributed by atoms with Crippen molar-refractivity contribution in [1.29, 1.82) is 0 Å². The number of rotatable bonds is 8. The number of aliphatic hydroxyl groups excluding tert-OH is 1. The van der Waals surface area contributed by atoms with Crippen molar-refractivity contribution in [2.45, 2.75) is 24.9 Å². The van der Waals surface area contributed by atoms with Gasteiger partial charge in [0.1, 0.15) is 18.1 Å². The molecular weight excluding hydrogens is 543 g/mol. The Morgan fingerprint density at radius 2 is 1.69 bits per heavy atom. The molecule has 16 nitrogen and oxygen atoms in total. The van der Waals surface area contributed by atoms with Crippen LogP contribution >= 0.6 is 23.5 Å². The van der Waals surface area contributed by atoms with Gasteiger partial charge in [-0.1, -0.05) is 0 Å². The van der Waals surface area contributed by atoms with E-state index in [0.29, 0.717) is 0 Å². The summed E-state index contributed by atoms with van der Waals surface area (Å²) in [5.41, 5.74) is 4.53. The molecule has 23 heteroatoms. The molecule has 2 rings (SSSR count). The Bertz CT molecular complexity index is 931. The molecule has 0 aromatic carbocycles. The Labute approximate surface area is 269 Å². The summed E-state index contributed by atoms with van der Waals surface area (Å²) in [5, 5.41) is 9.89. The van der Waals surface area contributed by atoms with Crippen LogP contribution in [0.1, 0.15) is 12.6 Å². The Hall–Kier alpha value is 3.01. The second-order valence-electron chi connectivity index (χ2n) is 5.28. The Morgan fingerprint density at radius 1 is 1.12 bits per heavy atom. The molecule has 5 atom stereocenters. The van der Waals surface area contributed by atoms with E-state index in [4.69, 9.17) is 10.5 Å². The van der Waals surface area contributed by atoms with Crippen molar-refractivity contribution < 1.29 is 174 Å². The van der Waals surface area contributed by atoms with Crippen LogP contribution in [-0.2, 0) is 31.6 Å². The maximum Gasteiger partial charge on any atom is 1.00 e. The molecule has 0 radical (unpaired) electrons. The number of nitrogens with two attached hydrogens (primary N) is 1. The maximum atomic E-state index is 11.7. The number of anilines is 1. The molecule has 1 fully saturated rings. The van der Waals surface area contributed by atoms with Crippen molar-refractivity contribution >= 4 is 29.3 Å². The molecule has 2 heterocycles. The summed E-state index contributed by atoms with van der Waals surface area (Å²) in [6.45, 7) is -0.970. The number of hydrogen-bond acceptors (Lipinski definition) is 15. The summed E-state index contributed by atoms with van der Waals surface area (Å²) in [7, 11) is -17.9. The van der Waals surface area contributed by atoms with Crippen LogP contribution in [0.25, 0.3) is 0 Å². The van der Waals surface area contributed by atoms with E-state index in [1.54, 1.807) is 0 Å². The van der Waals surface area contributed by atoms with Crippen molar-refractivity contribution in [3.05, 3.63) is 22.7 Å². The second kappa shape index (κ2) is 16.1. The van der Waals surface area contributed by atoms with Crippen LogP contribution in [0.5, 0.6) is 0 Å². The van der Waals surface area contributed by atoms with Gasteiger partial charge < -0.3 is 44.2 Å². The van der Waals surface area contributed by atoms with Gasteiger partial charge in [-0.3, -0.25) is 18.0 Å². The molecule has 3 N–H and O–H groups in total. The third-order valence-electron chi connectivity index (χ3n) is 3.16. The molecule has 5 unspecified atom stereocenters. The van der Waals surface area contributed by atoms with Gasteiger partial charge in [0.25, 0.3) is 15.6 Å². The van der Waals surface area contributed by atoms with E-state index in [-0.39, 0.29) is 130 Å². The van der Waals surface area contributed by atoms with Gasteiger partial charge >= 0.3 is 124 Å². The van der Waals surface area contributed by atoms with E-state index in [0.717, 1.165) is 4.57 Å². The molecule has 1 saturated heterocycles. The fourth-order valence-electron chi connectivity index (χ4n) is 2.13. The molecule has 0 amide bonds. The largest absolute Gasteiger partial charge is 1.00 e. The first-order chi connectivity index (χ1) is 12.7. The quantitative estimate of drug-likeness (QED) is 0.223. The smallest absolute Gasteiger partial charge is 0.790 e. The predicted molar refractivity (Wildman–Crippen MR) is 78.4 cm³/mol. The second-order valence-corrected chi connectivity index (χ2v) is 9.52. The average molecular weight is 555 g/mol. The van der Waals surface area contributed by atoms with Gasteiger partial charge in [0.2, 0.25) is 0 Å². The van der Waals surface area contributed by atoms with Gasteiger partial charge in [0.05, 0.1) is 20.5 Å². The van der Waals surface area contributed by atoms with Crippen molar-refractivity contribution in [3.8, 4) is 0 Å². The molecule has 160 valence electrons. The van der Waals surface area contributed by atoms with Crippen molar-refractivity contribution in [3.63, 3.8) is 0 Å². The van der Waals surface area contributed by atoms with Crippen molar-refractivity contribution in [1.82, 2.24) is 9.55 Å². The number of hydrogen-bond donors (Lipinski definition) is 2. The number of nitrogens with zero attached hydrogens (tertiary/aromatic N) is 2. The number of aromatic nitrogens is 2. The zero-order valence-electron chi connectivity index (χ0n) is 17.5. The number of ether oxygens (including phenoxy) is 1. The van der Waals surface area contributed by atoms with Gasteiger partial charge in [-0.15, -0.1) is 0 Å². The Kier molecular flexibility index (Phi) is 19.9. The van der Waals surface area contributed by atoms with Crippen LogP contribution in [-0.4, -0.2) is 33.5 Å². The average Bonchev–Trinajstić information content (AvgIpc) is 2.82. The van der Waals surface area contributed by atoms with Crippen LogP contribution in [0, 0.1) is 0 Å². The number of nitrogen functional groups attached to an aromatic ring is 1.